The number of benzene rings is 5. The van der Waals surface area contributed by atoms with E-state index >= 15 is 0 Å². The number of fused-ring (bicyclic) bond motifs is 4. The molecule has 0 spiro atoms. The Kier molecular flexibility index (Phi) is 10.9. The minimum atomic E-state index is -0.481. The third-order valence-electron chi connectivity index (χ3n) is 12.2. The lowest BCUT2D eigenvalue weighted by Crippen LogP contribution is -2.33. The van der Waals surface area contributed by atoms with E-state index < -0.39 is 5.56 Å². The van der Waals surface area contributed by atoms with Gasteiger partial charge in [0, 0.05) is 72.9 Å². The average molecular weight is 859 g/mol. The van der Waals surface area contributed by atoms with Gasteiger partial charge < -0.3 is 31.3 Å². The summed E-state index contributed by atoms with van der Waals surface area (Å²) in [7, 11) is 0. The summed E-state index contributed by atoms with van der Waals surface area (Å²) in [6.45, 7) is 3.30. The van der Waals surface area contributed by atoms with Crippen LogP contribution in [0.15, 0.2) is 174 Å². The van der Waals surface area contributed by atoms with E-state index in [2.05, 4.69) is 68.3 Å². The van der Waals surface area contributed by atoms with Gasteiger partial charge in [-0.3, -0.25) is 9.59 Å². The van der Waals surface area contributed by atoms with Gasteiger partial charge in [-0.2, -0.15) is 0 Å². The van der Waals surface area contributed by atoms with E-state index in [0.29, 0.717) is 23.5 Å². The summed E-state index contributed by atoms with van der Waals surface area (Å²) in [5, 5.41) is 11.7. The Labute approximate surface area is 374 Å². The quantitative estimate of drug-likeness (QED) is 0.105. The Balaban J connectivity index is 0.000000157. The molecule has 2 aliphatic rings. The fourth-order valence-corrected chi connectivity index (χ4v) is 8.92. The molecule has 0 aliphatic carbocycles. The first-order valence-electron chi connectivity index (χ1n) is 21.6. The Bertz CT molecular complexity index is 3350. The van der Waals surface area contributed by atoms with Gasteiger partial charge in [0.1, 0.15) is 6.61 Å². The SMILES string of the molecule is Nc1cccc(-c2ccc3c(c2)CN(c2cc(=O)n(O)c4ncccc24)CC3)c1.Nc1cccc(-c2ccc3c(c2)CN(c2cc(=O)n(OCc4ccccc4)c4ncccc24)CC3)c1. The molecule has 6 heterocycles. The van der Waals surface area contributed by atoms with E-state index in [-0.39, 0.29) is 17.8 Å². The zero-order valence-corrected chi connectivity index (χ0v) is 35.5. The number of rotatable bonds is 7. The second-order valence-corrected chi connectivity index (χ2v) is 16.4. The summed E-state index contributed by atoms with van der Waals surface area (Å²) in [5.41, 5.74) is 25.8. The van der Waals surface area contributed by atoms with Crippen LogP contribution in [0.4, 0.5) is 22.7 Å². The predicted octanol–water partition coefficient (Wildman–Crippen LogP) is 8.28. The zero-order valence-electron chi connectivity index (χ0n) is 35.5. The van der Waals surface area contributed by atoms with E-state index in [1.165, 1.54) is 33.1 Å². The van der Waals surface area contributed by atoms with E-state index in [0.717, 1.165) is 87.3 Å². The standard InChI is InChI=1S/C30H26N4O2.C23H20N4O2/c31-26-9-4-8-23(17-26)24-12-11-22-13-15-33(19-25(22)16-24)28-18-29(35)34(30-27(28)10-5-14-32-30)36-20-21-6-2-1-3-7-21;24-19-4-1-3-16(12-19)17-7-6-15-8-10-26(14-18(15)11-17)21-13-22(28)27(29)23-20(21)5-2-9-25-23/h1-12,14,16-18H,13,15,19-20,31H2;1-7,9,11-13,29H,8,10,14,24H2. The number of nitrogens with zero attached hydrogens (tertiary/aromatic N) is 6. The first kappa shape index (κ1) is 40.7. The first-order valence-corrected chi connectivity index (χ1v) is 21.6. The van der Waals surface area contributed by atoms with Crippen LogP contribution < -0.4 is 37.2 Å². The molecule has 0 fully saturated rings. The maximum absolute atomic E-state index is 13.2. The molecule has 9 aromatic rings. The fourth-order valence-electron chi connectivity index (χ4n) is 8.92. The Hall–Kier alpha value is -8.38. The van der Waals surface area contributed by atoms with Crippen LogP contribution >= 0.6 is 0 Å². The van der Waals surface area contributed by atoms with Crippen LogP contribution in [0.25, 0.3) is 44.3 Å². The molecule has 5 N–H and O–H groups in total. The van der Waals surface area contributed by atoms with Crippen molar-refractivity contribution in [1.29, 1.82) is 0 Å². The van der Waals surface area contributed by atoms with Crippen LogP contribution in [0, 0.1) is 0 Å². The molecule has 0 amide bonds. The number of nitrogens with two attached hydrogens (primary N) is 2. The lowest BCUT2D eigenvalue weighted by atomic mass is 9.94. The van der Waals surface area contributed by atoms with Crippen LogP contribution in [0.3, 0.4) is 0 Å². The minimum absolute atomic E-state index is 0.230. The van der Waals surface area contributed by atoms with Crippen LogP contribution in [0.2, 0.25) is 0 Å². The monoisotopic (exact) mass is 858 g/mol. The highest BCUT2D eigenvalue weighted by atomic mass is 16.7. The molecule has 4 aromatic heterocycles. The molecule has 11 rings (SSSR count). The number of anilines is 4. The Morgan fingerprint density at radius 3 is 1.62 bits per heavy atom. The highest BCUT2D eigenvalue weighted by Gasteiger charge is 2.23. The van der Waals surface area contributed by atoms with Gasteiger partial charge in [-0.1, -0.05) is 78.9 Å². The molecule has 0 radical (unpaired) electrons. The van der Waals surface area contributed by atoms with Gasteiger partial charge >= 0.3 is 0 Å². The molecule has 0 unspecified atom stereocenters. The first-order chi connectivity index (χ1) is 31.8. The van der Waals surface area contributed by atoms with Crippen molar-refractivity contribution in [3.63, 3.8) is 0 Å². The number of hydrogen-bond donors (Lipinski definition) is 3. The fraction of sp³-hybridized carbons (Fsp3) is 0.132. The minimum Gasteiger partial charge on any atom is -0.423 e. The summed E-state index contributed by atoms with van der Waals surface area (Å²) in [6, 6.07) is 49.5. The predicted molar refractivity (Wildman–Crippen MR) is 258 cm³/mol. The zero-order chi connectivity index (χ0) is 44.4. The molecule has 0 bridgehead atoms. The molecular formula is C53H46N8O4. The number of aromatic nitrogens is 4. The normalized spacial score (nSPS) is 13.2. The summed E-state index contributed by atoms with van der Waals surface area (Å²) < 4.78 is 1.91. The van der Waals surface area contributed by atoms with E-state index in [4.69, 9.17) is 16.3 Å². The molecule has 2 aliphatic heterocycles. The van der Waals surface area contributed by atoms with Crippen molar-refractivity contribution in [2.24, 2.45) is 0 Å². The summed E-state index contributed by atoms with van der Waals surface area (Å²) in [6.07, 6.45) is 5.05. The maximum Gasteiger partial charge on any atom is 0.287 e. The topological polar surface area (TPSA) is 158 Å². The van der Waals surface area contributed by atoms with E-state index in [1.807, 2.05) is 91.0 Å². The lowest BCUT2D eigenvalue weighted by Gasteiger charge is -2.32. The number of pyridine rings is 4. The second kappa shape index (κ2) is 17.4. The van der Waals surface area contributed by atoms with Gasteiger partial charge in [0.15, 0.2) is 11.3 Å². The van der Waals surface area contributed by atoms with Crippen molar-refractivity contribution in [1.82, 2.24) is 19.4 Å². The van der Waals surface area contributed by atoms with Crippen molar-refractivity contribution in [2.75, 3.05) is 34.4 Å². The molecule has 12 heteroatoms. The maximum atomic E-state index is 13.2. The van der Waals surface area contributed by atoms with Gasteiger partial charge in [0.25, 0.3) is 11.1 Å². The molecule has 322 valence electrons. The molecule has 0 saturated carbocycles. The molecular weight excluding hydrogens is 813 g/mol. The number of hydrogen-bond acceptors (Lipinski definition) is 10. The molecule has 65 heavy (non-hydrogen) atoms. The Morgan fingerprint density at radius 1 is 0.523 bits per heavy atom. The van der Waals surface area contributed by atoms with Crippen LogP contribution in [0.1, 0.15) is 27.8 Å². The molecule has 0 saturated heterocycles. The largest absolute Gasteiger partial charge is 0.423 e. The van der Waals surface area contributed by atoms with Crippen LogP contribution in [-0.4, -0.2) is 37.7 Å². The van der Waals surface area contributed by atoms with Crippen molar-refractivity contribution in [3.8, 4) is 22.3 Å². The average Bonchev–Trinajstić information content (AvgIpc) is 3.34. The van der Waals surface area contributed by atoms with Gasteiger partial charge in [0.2, 0.25) is 0 Å². The van der Waals surface area contributed by atoms with E-state index in [9.17, 15) is 14.8 Å². The van der Waals surface area contributed by atoms with Crippen LogP contribution in [-0.2, 0) is 32.5 Å². The van der Waals surface area contributed by atoms with Gasteiger partial charge in [0.05, 0.1) is 11.4 Å². The molecule has 5 aromatic carbocycles. The van der Waals surface area contributed by atoms with Gasteiger partial charge in [-0.15, -0.1) is 9.46 Å². The van der Waals surface area contributed by atoms with Gasteiger partial charge in [-0.05, 0) is 124 Å². The van der Waals surface area contributed by atoms with Crippen molar-refractivity contribution in [2.45, 2.75) is 32.5 Å². The molecule has 12 nitrogen and oxygen atoms in total. The highest BCUT2D eigenvalue weighted by Crippen LogP contribution is 2.34. The van der Waals surface area contributed by atoms with Crippen molar-refractivity contribution < 1.29 is 10.0 Å². The second-order valence-electron chi connectivity index (χ2n) is 16.4. The lowest BCUT2D eigenvalue weighted by molar-refractivity contribution is 0.0980. The third kappa shape index (κ3) is 8.32. The van der Waals surface area contributed by atoms with Crippen molar-refractivity contribution >= 4 is 44.8 Å². The van der Waals surface area contributed by atoms with E-state index in [1.54, 1.807) is 18.5 Å². The highest BCUT2D eigenvalue weighted by molar-refractivity contribution is 5.90. The van der Waals surface area contributed by atoms with Gasteiger partial charge in [-0.25, -0.2) is 9.97 Å². The number of nitrogen functional groups attached to an aromatic ring is 2. The summed E-state index contributed by atoms with van der Waals surface area (Å²) in [5.74, 6) is 0. The smallest absolute Gasteiger partial charge is 0.287 e. The summed E-state index contributed by atoms with van der Waals surface area (Å²) >= 11 is 0. The van der Waals surface area contributed by atoms with Crippen molar-refractivity contribution in [3.05, 3.63) is 213 Å². The Morgan fingerprint density at radius 2 is 1.05 bits per heavy atom. The van der Waals surface area contributed by atoms with Crippen LogP contribution in [0.5, 0.6) is 0 Å². The summed E-state index contributed by atoms with van der Waals surface area (Å²) in [4.78, 5) is 44.5. The third-order valence-corrected chi connectivity index (χ3v) is 12.2. The molecule has 0 atom stereocenters.